The average Bonchev–Trinajstić information content (AvgIpc) is 2.52. The summed E-state index contributed by atoms with van der Waals surface area (Å²) in [6, 6.07) is 0.553. The summed E-state index contributed by atoms with van der Waals surface area (Å²) in [6.45, 7) is 4.69. The fraction of sp³-hybridized carbons (Fsp3) is 0.727. The Balaban J connectivity index is 2.12. The smallest absolute Gasteiger partial charge is 0.141 e. The summed E-state index contributed by atoms with van der Waals surface area (Å²) in [5, 5.41) is 5.24. The summed E-state index contributed by atoms with van der Waals surface area (Å²) < 4.78 is 2.98. The van der Waals surface area contributed by atoms with E-state index in [4.69, 9.17) is 11.6 Å². The molecule has 1 aromatic rings. The molecular weight excluding hydrogens is 322 g/mol. The molecule has 1 saturated carbocycles. The molecule has 0 N–H and O–H groups in total. The first-order chi connectivity index (χ1) is 7.08. The van der Waals surface area contributed by atoms with Gasteiger partial charge in [0.1, 0.15) is 3.70 Å². The second-order valence-corrected chi connectivity index (χ2v) is 6.10. The third-order valence-electron chi connectivity index (χ3n) is 3.59. The van der Waals surface area contributed by atoms with E-state index in [2.05, 4.69) is 46.2 Å². The molecule has 1 aliphatic rings. The summed E-state index contributed by atoms with van der Waals surface area (Å²) >= 11 is 8.21. The van der Waals surface area contributed by atoms with Crippen molar-refractivity contribution in [3.63, 3.8) is 0 Å². The molecule has 0 aliphatic heterocycles. The quantitative estimate of drug-likeness (QED) is 0.704. The van der Waals surface area contributed by atoms with Crippen molar-refractivity contribution < 1.29 is 0 Å². The van der Waals surface area contributed by atoms with Crippen LogP contribution in [0.1, 0.15) is 39.2 Å². The zero-order valence-electron chi connectivity index (χ0n) is 9.08. The summed E-state index contributed by atoms with van der Waals surface area (Å²) in [4.78, 5) is 0. The van der Waals surface area contributed by atoms with Gasteiger partial charge in [-0.25, -0.2) is 0 Å². The van der Waals surface area contributed by atoms with Crippen molar-refractivity contribution >= 4 is 34.2 Å². The van der Waals surface area contributed by atoms with E-state index >= 15 is 0 Å². The zero-order valence-corrected chi connectivity index (χ0v) is 12.0. The van der Waals surface area contributed by atoms with E-state index < -0.39 is 0 Å². The maximum atomic E-state index is 6.02. The number of halogens is 2. The summed E-state index contributed by atoms with van der Waals surface area (Å²) in [7, 11) is 0. The molecule has 0 aromatic carbocycles. The van der Waals surface area contributed by atoms with Crippen molar-refractivity contribution in [3.05, 3.63) is 14.9 Å². The SMILES string of the molecule is CC1CCC(n2cc(Cl)c(I)n2)CC1C. The van der Waals surface area contributed by atoms with Crippen LogP contribution in [-0.2, 0) is 0 Å². The van der Waals surface area contributed by atoms with Crippen molar-refractivity contribution in [2.24, 2.45) is 11.8 Å². The Morgan fingerprint density at radius 3 is 2.67 bits per heavy atom. The Labute approximate surface area is 110 Å². The van der Waals surface area contributed by atoms with Gasteiger partial charge in [-0.1, -0.05) is 25.4 Å². The second-order valence-electron chi connectivity index (χ2n) is 4.67. The maximum Gasteiger partial charge on any atom is 0.141 e. The first-order valence-electron chi connectivity index (χ1n) is 5.48. The van der Waals surface area contributed by atoms with Crippen LogP contribution >= 0.6 is 34.2 Å². The van der Waals surface area contributed by atoms with Gasteiger partial charge in [0, 0.05) is 6.20 Å². The zero-order chi connectivity index (χ0) is 11.0. The van der Waals surface area contributed by atoms with E-state index in [0.717, 1.165) is 20.6 Å². The van der Waals surface area contributed by atoms with Gasteiger partial charge in [0.2, 0.25) is 0 Å². The molecule has 0 spiro atoms. The predicted octanol–water partition coefficient (Wildman–Crippen LogP) is 4.14. The molecule has 1 fully saturated rings. The van der Waals surface area contributed by atoms with E-state index in [1.54, 1.807) is 0 Å². The minimum absolute atomic E-state index is 0.553. The molecule has 3 atom stereocenters. The number of aromatic nitrogens is 2. The highest BCUT2D eigenvalue weighted by molar-refractivity contribution is 14.1. The molecule has 3 unspecified atom stereocenters. The number of hydrogen-bond donors (Lipinski definition) is 0. The van der Waals surface area contributed by atoms with E-state index in [0.29, 0.717) is 6.04 Å². The van der Waals surface area contributed by atoms with E-state index in [1.165, 1.54) is 19.3 Å². The fourth-order valence-corrected chi connectivity index (χ4v) is 2.82. The second kappa shape index (κ2) is 4.62. The van der Waals surface area contributed by atoms with Crippen LogP contribution in [0, 0.1) is 15.5 Å². The van der Waals surface area contributed by atoms with Crippen molar-refractivity contribution in [2.45, 2.75) is 39.2 Å². The molecule has 4 heteroatoms. The first-order valence-corrected chi connectivity index (χ1v) is 6.93. The molecule has 2 nitrogen and oxygen atoms in total. The highest BCUT2D eigenvalue weighted by Gasteiger charge is 2.26. The Kier molecular flexibility index (Phi) is 3.60. The Hall–Kier alpha value is 0.230. The van der Waals surface area contributed by atoms with Gasteiger partial charge in [0.15, 0.2) is 0 Å². The topological polar surface area (TPSA) is 17.8 Å². The third-order valence-corrected chi connectivity index (χ3v) is 4.98. The minimum atomic E-state index is 0.553. The largest absolute Gasteiger partial charge is 0.267 e. The van der Waals surface area contributed by atoms with Gasteiger partial charge in [-0.2, -0.15) is 5.10 Å². The normalized spacial score (nSPS) is 31.9. The van der Waals surface area contributed by atoms with Crippen LogP contribution in [0.5, 0.6) is 0 Å². The molecular formula is C11H16ClIN2. The van der Waals surface area contributed by atoms with Crippen molar-refractivity contribution in [1.82, 2.24) is 9.78 Å². The predicted molar refractivity (Wildman–Crippen MR) is 71.2 cm³/mol. The molecule has 0 bridgehead atoms. The maximum absolute atomic E-state index is 6.02. The average molecular weight is 339 g/mol. The lowest BCUT2D eigenvalue weighted by molar-refractivity contribution is 0.200. The van der Waals surface area contributed by atoms with E-state index in [1.807, 2.05) is 6.20 Å². The lowest BCUT2D eigenvalue weighted by Gasteiger charge is -2.32. The molecule has 15 heavy (non-hydrogen) atoms. The van der Waals surface area contributed by atoms with Gasteiger partial charge in [0.05, 0.1) is 11.1 Å². The Morgan fingerprint density at radius 1 is 1.40 bits per heavy atom. The van der Waals surface area contributed by atoms with Crippen LogP contribution in [0.25, 0.3) is 0 Å². The highest BCUT2D eigenvalue weighted by atomic mass is 127. The van der Waals surface area contributed by atoms with Crippen molar-refractivity contribution in [1.29, 1.82) is 0 Å². The van der Waals surface area contributed by atoms with Crippen LogP contribution < -0.4 is 0 Å². The Morgan fingerprint density at radius 2 is 2.13 bits per heavy atom. The van der Waals surface area contributed by atoms with Gasteiger partial charge in [-0.05, 0) is 53.7 Å². The van der Waals surface area contributed by atoms with Crippen LogP contribution in [0.2, 0.25) is 5.02 Å². The number of hydrogen-bond acceptors (Lipinski definition) is 1. The van der Waals surface area contributed by atoms with Gasteiger partial charge in [0.25, 0.3) is 0 Å². The molecule has 1 heterocycles. The standard InChI is InChI=1S/C11H16ClIN2/c1-7-3-4-9(5-8(7)2)15-6-10(12)11(13)14-15/h6-9H,3-5H2,1-2H3. The molecule has 84 valence electrons. The fourth-order valence-electron chi connectivity index (χ4n) is 2.29. The molecule has 2 rings (SSSR count). The first kappa shape index (κ1) is 11.7. The van der Waals surface area contributed by atoms with Gasteiger partial charge >= 0.3 is 0 Å². The molecule has 0 saturated heterocycles. The summed E-state index contributed by atoms with van der Waals surface area (Å²) in [6.07, 6.45) is 5.74. The lowest BCUT2D eigenvalue weighted by Crippen LogP contribution is -2.23. The molecule has 0 radical (unpaired) electrons. The van der Waals surface area contributed by atoms with Crippen molar-refractivity contribution in [3.8, 4) is 0 Å². The van der Waals surface area contributed by atoms with Crippen LogP contribution in [0.3, 0.4) is 0 Å². The molecule has 0 amide bonds. The molecule has 1 aromatic heterocycles. The van der Waals surface area contributed by atoms with Gasteiger partial charge in [-0.3, -0.25) is 4.68 Å². The van der Waals surface area contributed by atoms with E-state index in [9.17, 15) is 0 Å². The number of nitrogens with zero attached hydrogens (tertiary/aromatic N) is 2. The van der Waals surface area contributed by atoms with Gasteiger partial charge in [-0.15, -0.1) is 0 Å². The third kappa shape index (κ3) is 2.49. The summed E-state index contributed by atoms with van der Waals surface area (Å²) in [5.74, 6) is 1.65. The van der Waals surface area contributed by atoms with Crippen LogP contribution in [0.4, 0.5) is 0 Å². The molecule has 1 aliphatic carbocycles. The highest BCUT2D eigenvalue weighted by Crippen LogP contribution is 2.36. The Bertz CT molecular complexity index is 331. The monoisotopic (exact) mass is 338 g/mol. The van der Waals surface area contributed by atoms with Crippen molar-refractivity contribution in [2.75, 3.05) is 0 Å². The lowest BCUT2D eigenvalue weighted by atomic mass is 9.79. The van der Waals surface area contributed by atoms with Crippen LogP contribution in [-0.4, -0.2) is 9.78 Å². The van der Waals surface area contributed by atoms with Gasteiger partial charge < -0.3 is 0 Å². The van der Waals surface area contributed by atoms with Crippen LogP contribution in [0.15, 0.2) is 6.20 Å². The summed E-state index contributed by atoms with van der Waals surface area (Å²) in [5.41, 5.74) is 0. The minimum Gasteiger partial charge on any atom is -0.267 e. The number of rotatable bonds is 1. The van der Waals surface area contributed by atoms with E-state index in [-0.39, 0.29) is 0 Å².